The fourth-order valence-corrected chi connectivity index (χ4v) is 0.557. The highest BCUT2D eigenvalue weighted by molar-refractivity contribution is 5.84. The maximum atomic E-state index is 4.16. The molecule has 0 saturated heterocycles. The summed E-state index contributed by atoms with van der Waals surface area (Å²) in [5, 5.41) is 0. The third-order valence-corrected chi connectivity index (χ3v) is 1.50. The minimum absolute atomic E-state index is 0.641. The SMILES string of the molecule is C=N/C(=N\C=C(/C)CC)N(C)C. The minimum atomic E-state index is 0.641. The number of hydrogen-bond donors (Lipinski definition) is 0. The molecule has 3 nitrogen and oxygen atoms in total. The van der Waals surface area contributed by atoms with Gasteiger partial charge in [0, 0.05) is 20.3 Å². The standard InChI is InChI=1S/C9H17N3/c1-6-8(2)7-11-9(10-3)12(4)5/h7H,3,6H2,1-2,4-5H3/b8-7+,11-9+. The van der Waals surface area contributed by atoms with Gasteiger partial charge in [0.1, 0.15) is 0 Å². The molecule has 0 fully saturated rings. The Morgan fingerprint density at radius 1 is 1.50 bits per heavy atom. The van der Waals surface area contributed by atoms with E-state index in [0.717, 1.165) is 6.42 Å². The van der Waals surface area contributed by atoms with Crippen molar-refractivity contribution in [2.75, 3.05) is 14.1 Å². The van der Waals surface area contributed by atoms with E-state index in [1.54, 1.807) is 0 Å². The second-order valence-corrected chi connectivity index (χ2v) is 2.81. The van der Waals surface area contributed by atoms with Gasteiger partial charge in [0.05, 0.1) is 0 Å². The zero-order valence-corrected chi connectivity index (χ0v) is 8.33. The van der Waals surface area contributed by atoms with E-state index >= 15 is 0 Å². The first-order valence-corrected chi connectivity index (χ1v) is 3.99. The topological polar surface area (TPSA) is 28.0 Å². The maximum absolute atomic E-state index is 4.16. The van der Waals surface area contributed by atoms with Crippen molar-refractivity contribution < 1.29 is 0 Å². The molecule has 0 aliphatic carbocycles. The Kier molecular flexibility index (Phi) is 5.00. The Hall–Kier alpha value is -1.12. The van der Waals surface area contributed by atoms with Crippen LogP contribution in [0.4, 0.5) is 0 Å². The van der Waals surface area contributed by atoms with Crippen LogP contribution in [0.15, 0.2) is 21.8 Å². The van der Waals surface area contributed by atoms with Gasteiger partial charge in [0.25, 0.3) is 0 Å². The zero-order chi connectivity index (χ0) is 9.56. The lowest BCUT2D eigenvalue weighted by Crippen LogP contribution is -2.18. The Bertz CT molecular complexity index is 202. The molecule has 0 saturated carbocycles. The predicted octanol–water partition coefficient (Wildman–Crippen LogP) is 1.92. The molecule has 0 amide bonds. The minimum Gasteiger partial charge on any atom is -0.347 e. The Morgan fingerprint density at radius 2 is 2.08 bits per heavy atom. The van der Waals surface area contributed by atoms with Crippen LogP contribution in [0, 0.1) is 0 Å². The fraction of sp³-hybridized carbons (Fsp3) is 0.556. The van der Waals surface area contributed by atoms with Crippen molar-refractivity contribution in [2.45, 2.75) is 20.3 Å². The first-order valence-electron chi connectivity index (χ1n) is 3.99. The van der Waals surface area contributed by atoms with Gasteiger partial charge < -0.3 is 4.90 Å². The summed E-state index contributed by atoms with van der Waals surface area (Å²) in [5.74, 6) is 0.641. The first-order chi connectivity index (χ1) is 5.61. The summed E-state index contributed by atoms with van der Waals surface area (Å²) in [5.41, 5.74) is 1.23. The van der Waals surface area contributed by atoms with Gasteiger partial charge in [0.2, 0.25) is 5.96 Å². The lowest BCUT2D eigenvalue weighted by atomic mass is 10.3. The Labute approximate surface area is 74.5 Å². The number of guanidine groups is 1. The van der Waals surface area contributed by atoms with Crippen LogP contribution in [-0.2, 0) is 0 Å². The summed E-state index contributed by atoms with van der Waals surface area (Å²) in [4.78, 5) is 9.76. The maximum Gasteiger partial charge on any atom is 0.224 e. The molecule has 0 N–H and O–H groups in total. The van der Waals surface area contributed by atoms with Gasteiger partial charge in [-0.15, -0.1) is 0 Å². The molecule has 0 aromatic heterocycles. The van der Waals surface area contributed by atoms with Crippen molar-refractivity contribution in [1.82, 2.24) is 4.90 Å². The normalized spacial score (nSPS) is 13.0. The summed E-state index contributed by atoms with van der Waals surface area (Å²) in [7, 11) is 3.78. The lowest BCUT2D eigenvalue weighted by Gasteiger charge is -2.08. The Balaban J connectivity index is 4.40. The molecule has 12 heavy (non-hydrogen) atoms. The first kappa shape index (κ1) is 10.9. The molecule has 0 atom stereocenters. The second kappa shape index (κ2) is 5.52. The summed E-state index contributed by atoms with van der Waals surface area (Å²) in [6.07, 6.45) is 2.84. The van der Waals surface area contributed by atoms with Crippen molar-refractivity contribution in [2.24, 2.45) is 9.98 Å². The van der Waals surface area contributed by atoms with Crippen LogP contribution in [0.25, 0.3) is 0 Å². The van der Waals surface area contributed by atoms with Gasteiger partial charge in [-0.1, -0.05) is 12.5 Å². The molecule has 68 valence electrons. The quantitative estimate of drug-likeness (QED) is 0.456. The monoisotopic (exact) mass is 167 g/mol. The molecule has 0 aliphatic rings. The van der Waals surface area contributed by atoms with Gasteiger partial charge in [-0.3, -0.25) is 0 Å². The number of hydrogen-bond acceptors (Lipinski definition) is 1. The molecule has 0 bridgehead atoms. The average molecular weight is 167 g/mol. The molecule has 0 radical (unpaired) electrons. The molecule has 0 aliphatic heterocycles. The van der Waals surface area contributed by atoms with E-state index in [1.165, 1.54) is 5.57 Å². The lowest BCUT2D eigenvalue weighted by molar-refractivity contribution is 0.615. The van der Waals surface area contributed by atoms with E-state index in [-0.39, 0.29) is 0 Å². The molecule has 3 heteroatoms. The smallest absolute Gasteiger partial charge is 0.224 e. The zero-order valence-electron chi connectivity index (χ0n) is 8.33. The van der Waals surface area contributed by atoms with Gasteiger partial charge in [-0.05, 0) is 20.1 Å². The van der Waals surface area contributed by atoms with Crippen LogP contribution in [0.2, 0.25) is 0 Å². The van der Waals surface area contributed by atoms with E-state index in [2.05, 4.69) is 23.6 Å². The summed E-state index contributed by atoms with van der Waals surface area (Å²) in [6, 6.07) is 0. The molecule has 0 rings (SSSR count). The van der Waals surface area contributed by atoms with Gasteiger partial charge in [0.15, 0.2) is 0 Å². The van der Waals surface area contributed by atoms with Crippen LogP contribution in [0.3, 0.4) is 0 Å². The second-order valence-electron chi connectivity index (χ2n) is 2.81. The van der Waals surface area contributed by atoms with Crippen LogP contribution < -0.4 is 0 Å². The highest BCUT2D eigenvalue weighted by Crippen LogP contribution is 1.98. The largest absolute Gasteiger partial charge is 0.347 e. The van der Waals surface area contributed by atoms with Crippen molar-refractivity contribution in [1.29, 1.82) is 0 Å². The molecule has 0 aromatic rings. The van der Waals surface area contributed by atoms with Crippen LogP contribution >= 0.6 is 0 Å². The van der Waals surface area contributed by atoms with Crippen LogP contribution in [0.1, 0.15) is 20.3 Å². The fourth-order valence-electron chi connectivity index (χ4n) is 0.557. The summed E-state index contributed by atoms with van der Waals surface area (Å²) >= 11 is 0. The van der Waals surface area contributed by atoms with E-state index in [1.807, 2.05) is 32.1 Å². The van der Waals surface area contributed by atoms with Gasteiger partial charge in [-0.25, -0.2) is 9.98 Å². The van der Waals surface area contributed by atoms with Gasteiger partial charge in [-0.2, -0.15) is 0 Å². The van der Waals surface area contributed by atoms with Gasteiger partial charge >= 0.3 is 0 Å². The third kappa shape index (κ3) is 3.91. The van der Waals surface area contributed by atoms with E-state index in [9.17, 15) is 0 Å². The molecule has 0 heterocycles. The summed E-state index contributed by atoms with van der Waals surface area (Å²) < 4.78 is 0. The Morgan fingerprint density at radius 3 is 2.42 bits per heavy atom. The number of nitrogens with zero attached hydrogens (tertiary/aromatic N) is 3. The molecular weight excluding hydrogens is 150 g/mol. The molecule has 0 spiro atoms. The summed E-state index contributed by atoms with van der Waals surface area (Å²) in [6.45, 7) is 7.57. The highest BCUT2D eigenvalue weighted by Gasteiger charge is 1.93. The van der Waals surface area contributed by atoms with E-state index in [4.69, 9.17) is 0 Å². The van der Waals surface area contributed by atoms with Crippen molar-refractivity contribution in [3.8, 4) is 0 Å². The number of allylic oxidation sites excluding steroid dienone is 1. The third-order valence-electron chi connectivity index (χ3n) is 1.50. The van der Waals surface area contributed by atoms with Crippen molar-refractivity contribution in [3.05, 3.63) is 11.8 Å². The van der Waals surface area contributed by atoms with Crippen molar-refractivity contribution >= 4 is 12.7 Å². The molecule has 0 unspecified atom stereocenters. The van der Waals surface area contributed by atoms with Crippen LogP contribution in [0.5, 0.6) is 0 Å². The van der Waals surface area contributed by atoms with Crippen molar-refractivity contribution in [3.63, 3.8) is 0 Å². The highest BCUT2D eigenvalue weighted by atomic mass is 15.2. The van der Waals surface area contributed by atoms with Crippen LogP contribution in [-0.4, -0.2) is 31.7 Å². The molecular formula is C9H17N3. The number of rotatable bonds is 2. The molecule has 0 aromatic carbocycles. The average Bonchev–Trinajstić information content (AvgIpc) is 2.04. The predicted molar refractivity (Wildman–Crippen MR) is 54.7 cm³/mol. The number of aliphatic imine (C=N–C) groups is 2. The van der Waals surface area contributed by atoms with E-state index in [0.29, 0.717) is 5.96 Å². The van der Waals surface area contributed by atoms with E-state index < -0.39 is 0 Å².